The lowest BCUT2D eigenvalue weighted by atomic mass is 9.99. The first-order valence-corrected chi connectivity index (χ1v) is 11.8. The number of hydrazone groups is 2. The van der Waals surface area contributed by atoms with Gasteiger partial charge in [-0.05, 0) is 31.4 Å². The molecule has 33 heavy (non-hydrogen) atoms. The first-order valence-electron chi connectivity index (χ1n) is 11.8. The smallest absolute Gasteiger partial charge is 0.252 e. The summed E-state index contributed by atoms with van der Waals surface area (Å²) in [5, 5.41) is 8.42. The number of carbonyl (C=O) groups is 2. The lowest BCUT2D eigenvalue weighted by Gasteiger charge is -2.14. The SMILES string of the molecule is CCCCCCCCC(C(=O)NN=C(C)c1ccccc1)C(=O)NN=C(C)c1ccccc1. The van der Waals surface area contributed by atoms with E-state index in [0.29, 0.717) is 17.8 Å². The fraction of sp³-hybridized carbons (Fsp3) is 0.407. The van der Waals surface area contributed by atoms with Crippen LogP contribution in [0.4, 0.5) is 0 Å². The van der Waals surface area contributed by atoms with E-state index in [9.17, 15) is 9.59 Å². The lowest BCUT2D eigenvalue weighted by molar-refractivity contribution is -0.135. The second kappa shape index (κ2) is 14.7. The van der Waals surface area contributed by atoms with Crippen molar-refractivity contribution < 1.29 is 9.59 Å². The highest BCUT2D eigenvalue weighted by Crippen LogP contribution is 2.14. The number of rotatable bonds is 13. The maximum atomic E-state index is 12.9. The zero-order chi connectivity index (χ0) is 23.9. The summed E-state index contributed by atoms with van der Waals surface area (Å²) in [6, 6.07) is 19.2. The van der Waals surface area contributed by atoms with Gasteiger partial charge in [-0.25, -0.2) is 10.9 Å². The Balaban J connectivity index is 2.02. The third kappa shape index (κ3) is 9.39. The van der Waals surface area contributed by atoms with Crippen LogP contribution in [-0.4, -0.2) is 23.2 Å². The number of carbonyl (C=O) groups excluding carboxylic acids is 2. The summed E-state index contributed by atoms with van der Waals surface area (Å²) in [5.74, 6) is -1.68. The van der Waals surface area contributed by atoms with Crippen LogP contribution >= 0.6 is 0 Å². The normalized spacial score (nSPS) is 12.8. The molecule has 2 aromatic rings. The van der Waals surface area contributed by atoms with E-state index in [1.54, 1.807) is 0 Å². The summed E-state index contributed by atoms with van der Waals surface area (Å²) in [4.78, 5) is 25.7. The molecular weight excluding hydrogens is 412 g/mol. The molecule has 2 rings (SSSR count). The van der Waals surface area contributed by atoms with Crippen LogP contribution in [0.25, 0.3) is 0 Å². The molecule has 0 spiro atoms. The van der Waals surface area contributed by atoms with Gasteiger partial charge in [-0.2, -0.15) is 10.2 Å². The van der Waals surface area contributed by atoms with Gasteiger partial charge in [0.2, 0.25) is 0 Å². The first kappa shape index (κ1) is 26.0. The standard InChI is InChI=1S/C27H36N4O2/c1-4-5-6-7-8-15-20-25(26(32)30-28-21(2)23-16-11-9-12-17-23)27(33)31-29-22(3)24-18-13-10-14-19-24/h9-14,16-19,25H,4-8,15,20H2,1-3H3,(H,30,32)(H,31,33). The quantitative estimate of drug-likeness (QED) is 0.185. The van der Waals surface area contributed by atoms with Crippen LogP contribution in [0.15, 0.2) is 70.9 Å². The van der Waals surface area contributed by atoms with Crippen molar-refractivity contribution >= 4 is 23.2 Å². The second-order valence-electron chi connectivity index (χ2n) is 8.19. The fourth-order valence-corrected chi connectivity index (χ4v) is 3.43. The monoisotopic (exact) mass is 448 g/mol. The third-order valence-electron chi connectivity index (χ3n) is 5.53. The molecule has 0 fully saturated rings. The topological polar surface area (TPSA) is 82.9 Å². The molecular formula is C27H36N4O2. The van der Waals surface area contributed by atoms with E-state index >= 15 is 0 Å². The highest BCUT2D eigenvalue weighted by atomic mass is 16.2. The van der Waals surface area contributed by atoms with Gasteiger partial charge in [0.25, 0.3) is 11.8 Å². The lowest BCUT2D eigenvalue weighted by Crippen LogP contribution is -2.38. The Morgan fingerprint density at radius 3 is 1.58 bits per heavy atom. The molecule has 0 aliphatic rings. The van der Waals surface area contributed by atoms with Crippen molar-refractivity contribution in [3.05, 3.63) is 71.8 Å². The van der Waals surface area contributed by atoms with E-state index in [1.807, 2.05) is 74.5 Å². The molecule has 0 bridgehead atoms. The van der Waals surface area contributed by atoms with Gasteiger partial charge in [0.05, 0.1) is 11.4 Å². The van der Waals surface area contributed by atoms with E-state index in [1.165, 1.54) is 19.3 Å². The maximum absolute atomic E-state index is 12.9. The Morgan fingerprint density at radius 1 is 0.697 bits per heavy atom. The number of benzene rings is 2. The second-order valence-corrected chi connectivity index (χ2v) is 8.19. The molecule has 2 N–H and O–H groups in total. The number of nitrogens with one attached hydrogen (secondary N) is 2. The zero-order valence-corrected chi connectivity index (χ0v) is 20.0. The van der Waals surface area contributed by atoms with Crippen molar-refractivity contribution in [3.63, 3.8) is 0 Å². The van der Waals surface area contributed by atoms with Crippen molar-refractivity contribution in [1.82, 2.24) is 10.9 Å². The Morgan fingerprint density at radius 2 is 1.12 bits per heavy atom. The minimum absolute atomic E-state index is 0.413. The predicted molar refractivity (Wildman–Crippen MR) is 135 cm³/mol. The zero-order valence-electron chi connectivity index (χ0n) is 20.0. The summed E-state index contributed by atoms with van der Waals surface area (Å²) in [6.45, 7) is 5.83. The minimum Gasteiger partial charge on any atom is -0.272 e. The van der Waals surface area contributed by atoms with Crippen molar-refractivity contribution in [2.75, 3.05) is 0 Å². The van der Waals surface area contributed by atoms with Crippen LogP contribution in [0.3, 0.4) is 0 Å². The molecule has 2 aromatic carbocycles. The molecule has 2 amide bonds. The summed E-state index contributed by atoms with van der Waals surface area (Å²) >= 11 is 0. The van der Waals surface area contributed by atoms with Crippen LogP contribution in [0.5, 0.6) is 0 Å². The van der Waals surface area contributed by atoms with Gasteiger partial charge in [0.1, 0.15) is 5.92 Å². The molecule has 0 radical (unpaired) electrons. The Hall–Kier alpha value is -3.28. The fourth-order valence-electron chi connectivity index (χ4n) is 3.43. The predicted octanol–water partition coefficient (Wildman–Crippen LogP) is 5.43. The molecule has 0 aliphatic carbocycles. The molecule has 0 aromatic heterocycles. The average Bonchev–Trinajstić information content (AvgIpc) is 2.86. The van der Waals surface area contributed by atoms with Crippen molar-refractivity contribution in [3.8, 4) is 0 Å². The number of nitrogens with zero attached hydrogens (tertiary/aromatic N) is 2. The number of amides is 2. The number of hydrogen-bond acceptors (Lipinski definition) is 4. The van der Waals surface area contributed by atoms with Gasteiger partial charge in [0.15, 0.2) is 0 Å². The first-order chi connectivity index (χ1) is 16.0. The van der Waals surface area contributed by atoms with Crippen LogP contribution in [0, 0.1) is 5.92 Å². The molecule has 0 unspecified atom stereocenters. The van der Waals surface area contributed by atoms with Crippen molar-refractivity contribution in [1.29, 1.82) is 0 Å². The van der Waals surface area contributed by atoms with Gasteiger partial charge < -0.3 is 0 Å². The Kier molecular flexibility index (Phi) is 11.6. The molecule has 176 valence electrons. The molecule has 0 saturated heterocycles. The van der Waals surface area contributed by atoms with E-state index in [2.05, 4.69) is 28.0 Å². The van der Waals surface area contributed by atoms with Gasteiger partial charge in [0, 0.05) is 0 Å². The summed E-state index contributed by atoms with van der Waals surface area (Å²) in [5.41, 5.74) is 8.36. The average molecular weight is 449 g/mol. The Labute approximate surface area is 197 Å². The van der Waals surface area contributed by atoms with E-state index in [4.69, 9.17) is 0 Å². The molecule has 0 aliphatic heterocycles. The minimum atomic E-state index is -0.851. The van der Waals surface area contributed by atoms with Gasteiger partial charge in [-0.1, -0.05) is 106 Å². The van der Waals surface area contributed by atoms with E-state index in [-0.39, 0.29) is 0 Å². The van der Waals surface area contributed by atoms with Crippen molar-refractivity contribution in [2.24, 2.45) is 16.1 Å². The van der Waals surface area contributed by atoms with E-state index in [0.717, 1.165) is 30.4 Å². The Bertz CT molecular complexity index is 854. The van der Waals surface area contributed by atoms with Crippen LogP contribution in [0.1, 0.15) is 76.8 Å². The summed E-state index contributed by atoms with van der Waals surface area (Å²) in [6.07, 6.45) is 6.95. The van der Waals surface area contributed by atoms with Crippen LogP contribution < -0.4 is 10.9 Å². The van der Waals surface area contributed by atoms with Gasteiger partial charge in [-0.3, -0.25) is 9.59 Å². The molecule has 0 atom stereocenters. The molecule has 0 heterocycles. The van der Waals surface area contributed by atoms with Crippen molar-refractivity contribution in [2.45, 2.75) is 65.7 Å². The molecule has 6 heteroatoms. The van der Waals surface area contributed by atoms with Gasteiger partial charge in [-0.15, -0.1) is 0 Å². The summed E-state index contributed by atoms with van der Waals surface area (Å²) < 4.78 is 0. The summed E-state index contributed by atoms with van der Waals surface area (Å²) in [7, 11) is 0. The molecule has 0 saturated carbocycles. The highest BCUT2D eigenvalue weighted by molar-refractivity contribution is 6.03. The van der Waals surface area contributed by atoms with Crippen LogP contribution in [-0.2, 0) is 9.59 Å². The number of unbranched alkanes of at least 4 members (excludes halogenated alkanes) is 5. The highest BCUT2D eigenvalue weighted by Gasteiger charge is 2.26. The van der Waals surface area contributed by atoms with Gasteiger partial charge >= 0.3 is 0 Å². The van der Waals surface area contributed by atoms with E-state index < -0.39 is 17.7 Å². The maximum Gasteiger partial charge on any atom is 0.252 e. The largest absolute Gasteiger partial charge is 0.272 e. The number of hydrogen-bond donors (Lipinski definition) is 2. The third-order valence-corrected chi connectivity index (χ3v) is 5.53. The molecule has 6 nitrogen and oxygen atoms in total. The van der Waals surface area contributed by atoms with Crippen LogP contribution in [0.2, 0.25) is 0 Å².